The van der Waals surface area contributed by atoms with E-state index in [0.29, 0.717) is 30.0 Å². The third-order valence-corrected chi connectivity index (χ3v) is 7.01. The molecule has 3 N–H and O–H groups in total. The molecule has 178 valence electrons. The number of aromatic nitrogens is 1. The summed E-state index contributed by atoms with van der Waals surface area (Å²) in [7, 11) is -1.69. The van der Waals surface area contributed by atoms with Crippen molar-refractivity contribution < 1.29 is 23.6 Å². The number of unbranched alkanes of at least 4 members (excludes halogenated alkanes) is 1. The molecular weight excluding hydrogens is 452 g/mol. The van der Waals surface area contributed by atoms with Gasteiger partial charge in [-0.15, -0.1) is 5.92 Å². The van der Waals surface area contributed by atoms with Crippen LogP contribution in [0, 0.1) is 11.8 Å². The highest BCUT2D eigenvalue weighted by molar-refractivity contribution is 7.86. The molecule has 0 radical (unpaired) electrons. The van der Waals surface area contributed by atoms with E-state index in [1.54, 1.807) is 31.2 Å². The van der Waals surface area contributed by atoms with Gasteiger partial charge in [-0.1, -0.05) is 24.1 Å². The number of aliphatic carboxylic acids is 1. The Labute approximate surface area is 201 Å². The lowest BCUT2D eigenvalue weighted by atomic mass is 10.1. The first-order valence-electron chi connectivity index (χ1n) is 11.1. The normalized spacial score (nSPS) is 12.4. The van der Waals surface area contributed by atoms with Gasteiger partial charge in [0.25, 0.3) is 0 Å². The maximum atomic E-state index is 12.8. The SMILES string of the molecule is CC#CCOc1ccc(S(=O)C(CCCCNC(=O)Cc2c[nH]c3ccccc23)C(=O)O)cc1. The van der Waals surface area contributed by atoms with Crippen molar-refractivity contribution in [3.63, 3.8) is 0 Å². The molecule has 0 aliphatic carbocycles. The summed E-state index contributed by atoms with van der Waals surface area (Å²) in [5, 5.41) is 12.5. The monoisotopic (exact) mass is 480 g/mol. The van der Waals surface area contributed by atoms with Crippen LogP contribution >= 0.6 is 0 Å². The third-order valence-electron chi connectivity index (χ3n) is 5.32. The summed E-state index contributed by atoms with van der Waals surface area (Å²) in [5.41, 5.74) is 1.93. The summed E-state index contributed by atoms with van der Waals surface area (Å²) in [6.45, 7) is 2.42. The van der Waals surface area contributed by atoms with Gasteiger partial charge in [0.1, 0.15) is 17.6 Å². The Balaban J connectivity index is 1.43. The van der Waals surface area contributed by atoms with Crippen molar-refractivity contribution in [2.24, 2.45) is 0 Å². The molecule has 0 saturated heterocycles. The van der Waals surface area contributed by atoms with Gasteiger partial charge in [0.05, 0.1) is 17.2 Å². The van der Waals surface area contributed by atoms with Crippen molar-refractivity contribution in [1.29, 1.82) is 0 Å². The van der Waals surface area contributed by atoms with Crippen molar-refractivity contribution in [2.45, 2.75) is 42.8 Å². The lowest BCUT2D eigenvalue weighted by Crippen LogP contribution is -2.28. The molecule has 2 atom stereocenters. The van der Waals surface area contributed by atoms with Gasteiger partial charge in [-0.2, -0.15) is 0 Å². The van der Waals surface area contributed by atoms with Crippen molar-refractivity contribution in [3.8, 4) is 17.6 Å². The molecule has 3 rings (SSSR count). The highest BCUT2D eigenvalue weighted by atomic mass is 32.2. The molecule has 7 nitrogen and oxygen atoms in total. The van der Waals surface area contributed by atoms with Crippen molar-refractivity contribution >= 4 is 33.6 Å². The van der Waals surface area contributed by atoms with Crippen LogP contribution in [0.15, 0.2) is 59.6 Å². The van der Waals surface area contributed by atoms with E-state index in [-0.39, 0.29) is 25.4 Å². The smallest absolute Gasteiger partial charge is 0.319 e. The summed E-state index contributed by atoms with van der Waals surface area (Å²) in [6.07, 6.45) is 3.51. The second-order valence-corrected chi connectivity index (χ2v) is 9.33. The number of rotatable bonds is 12. The average Bonchev–Trinajstić information content (AvgIpc) is 3.24. The standard InChI is InChI=1S/C26H28N2O5S/c1-2-3-16-33-20-11-13-21(14-12-20)34(32)24(26(30)31)10-6-7-15-27-25(29)17-19-18-28-23-9-5-4-8-22(19)23/h4-5,8-9,11-14,18,24,28H,6-7,10,15-17H2,1H3,(H,27,29)(H,30,31). The van der Waals surface area contributed by atoms with Gasteiger partial charge in [0, 0.05) is 28.5 Å². The zero-order valence-corrected chi connectivity index (χ0v) is 19.8. The first-order valence-corrected chi connectivity index (χ1v) is 12.3. The molecule has 0 spiro atoms. The number of hydrogen-bond acceptors (Lipinski definition) is 4. The minimum atomic E-state index is -1.69. The van der Waals surface area contributed by atoms with Crippen molar-refractivity contribution in [2.75, 3.05) is 13.2 Å². The number of carboxylic acids is 1. The predicted molar refractivity (Wildman–Crippen MR) is 132 cm³/mol. The topological polar surface area (TPSA) is 108 Å². The minimum absolute atomic E-state index is 0.0876. The van der Waals surface area contributed by atoms with E-state index in [1.165, 1.54) is 0 Å². The van der Waals surface area contributed by atoms with E-state index >= 15 is 0 Å². The molecule has 3 aromatic rings. The summed E-state index contributed by atoms with van der Waals surface area (Å²) >= 11 is 0. The molecule has 0 aliphatic heterocycles. The van der Waals surface area contributed by atoms with E-state index in [4.69, 9.17) is 4.74 Å². The van der Waals surface area contributed by atoms with Crippen LogP contribution < -0.4 is 10.1 Å². The Hall–Kier alpha value is -3.57. The Kier molecular flexibility index (Phi) is 9.30. The Bertz CT molecular complexity index is 1210. The number of ether oxygens (including phenoxy) is 1. The van der Waals surface area contributed by atoms with Crippen LogP contribution in [-0.2, 0) is 26.8 Å². The number of fused-ring (bicyclic) bond motifs is 1. The number of H-pyrrole nitrogens is 1. The lowest BCUT2D eigenvalue weighted by Gasteiger charge is -2.13. The van der Waals surface area contributed by atoms with Gasteiger partial charge in [-0.3, -0.25) is 13.8 Å². The van der Waals surface area contributed by atoms with Crippen LogP contribution in [0.2, 0.25) is 0 Å². The van der Waals surface area contributed by atoms with Crippen LogP contribution in [0.1, 0.15) is 31.7 Å². The molecule has 2 aromatic carbocycles. The van der Waals surface area contributed by atoms with Crippen LogP contribution in [-0.4, -0.2) is 44.6 Å². The summed E-state index contributed by atoms with van der Waals surface area (Å²) in [5.74, 6) is 4.92. The first kappa shape index (κ1) is 25.1. The van der Waals surface area contributed by atoms with E-state index in [2.05, 4.69) is 22.1 Å². The van der Waals surface area contributed by atoms with E-state index in [9.17, 15) is 18.9 Å². The van der Waals surface area contributed by atoms with Crippen molar-refractivity contribution in [1.82, 2.24) is 10.3 Å². The number of carboxylic acid groups (broad SMARTS) is 1. The highest BCUT2D eigenvalue weighted by Crippen LogP contribution is 2.20. The summed E-state index contributed by atoms with van der Waals surface area (Å²) < 4.78 is 18.2. The summed E-state index contributed by atoms with van der Waals surface area (Å²) in [6, 6.07) is 14.4. The molecule has 0 bridgehead atoms. The molecule has 1 heterocycles. The number of carbonyl (C=O) groups excluding carboxylic acids is 1. The van der Waals surface area contributed by atoms with Crippen LogP contribution in [0.3, 0.4) is 0 Å². The van der Waals surface area contributed by atoms with Gasteiger partial charge in [-0.05, 0) is 62.1 Å². The van der Waals surface area contributed by atoms with E-state index in [1.807, 2.05) is 30.5 Å². The number of para-hydroxylation sites is 1. The quantitative estimate of drug-likeness (QED) is 0.271. The molecule has 34 heavy (non-hydrogen) atoms. The highest BCUT2D eigenvalue weighted by Gasteiger charge is 2.25. The van der Waals surface area contributed by atoms with Gasteiger partial charge < -0.3 is 20.1 Å². The van der Waals surface area contributed by atoms with Crippen LogP contribution in [0.5, 0.6) is 5.75 Å². The molecule has 2 unspecified atom stereocenters. The van der Waals surface area contributed by atoms with Gasteiger partial charge in [0.15, 0.2) is 0 Å². The van der Waals surface area contributed by atoms with Crippen molar-refractivity contribution in [3.05, 3.63) is 60.3 Å². The minimum Gasteiger partial charge on any atom is -0.481 e. The fourth-order valence-corrected chi connectivity index (χ4v) is 4.84. The molecule has 8 heteroatoms. The van der Waals surface area contributed by atoms with Crippen LogP contribution in [0.4, 0.5) is 0 Å². The predicted octanol–water partition coefficient (Wildman–Crippen LogP) is 3.66. The van der Waals surface area contributed by atoms with Crippen LogP contribution in [0.25, 0.3) is 10.9 Å². The zero-order chi connectivity index (χ0) is 24.3. The molecule has 1 aromatic heterocycles. The maximum absolute atomic E-state index is 12.8. The van der Waals surface area contributed by atoms with E-state index in [0.717, 1.165) is 16.5 Å². The fraction of sp³-hybridized carbons (Fsp3) is 0.308. The first-order chi connectivity index (χ1) is 16.5. The molecule has 0 aliphatic rings. The number of benzene rings is 2. The number of hydrogen-bond donors (Lipinski definition) is 3. The molecule has 1 amide bonds. The Morgan fingerprint density at radius 2 is 1.91 bits per heavy atom. The lowest BCUT2D eigenvalue weighted by molar-refractivity contribution is -0.136. The Morgan fingerprint density at radius 3 is 2.65 bits per heavy atom. The van der Waals surface area contributed by atoms with Gasteiger partial charge >= 0.3 is 5.97 Å². The second kappa shape index (κ2) is 12.6. The molecule has 0 fully saturated rings. The summed E-state index contributed by atoms with van der Waals surface area (Å²) in [4.78, 5) is 27.6. The fourth-order valence-electron chi connectivity index (χ4n) is 3.54. The largest absolute Gasteiger partial charge is 0.481 e. The number of amides is 1. The van der Waals surface area contributed by atoms with Gasteiger partial charge in [0.2, 0.25) is 5.91 Å². The van der Waals surface area contributed by atoms with E-state index < -0.39 is 22.0 Å². The average molecular weight is 481 g/mol. The van der Waals surface area contributed by atoms with Gasteiger partial charge in [-0.25, -0.2) is 0 Å². The maximum Gasteiger partial charge on any atom is 0.319 e. The number of carbonyl (C=O) groups is 2. The number of aromatic amines is 1. The Morgan fingerprint density at radius 1 is 1.15 bits per heavy atom. The third kappa shape index (κ3) is 6.96. The zero-order valence-electron chi connectivity index (χ0n) is 19.0. The molecular formula is C26H28N2O5S. The molecule has 0 saturated carbocycles. The second-order valence-electron chi connectivity index (χ2n) is 7.69. The number of nitrogens with one attached hydrogen (secondary N) is 2.